The third-order valence-corrected chi connectivity index (χ3v) is 2.93. The number of nitrogens with one attached hydrogen (secondary N) is 1. The van der Waals surface area contributed by atoms with Crippen molar-refractivity contribution in [1.29, 1.82) is 0 Å². The van der Waals surface area contributed by atoms with E-state index in [4.69, 9.17) is 9.47 Å². The minimum Gasteiger partial charge on any atom is -0.490 e. The molecule has 2 rings (SSSR count). The number of ether oxygens (including phenoxy) is 2. The van der Waals surface area contributed by atoms with E-state index in [1.54, 1.807) is 6.20 Å². The Labute approximate surface area is 126 Å². The Balaban J connectivity index is 2.06. The topological polar surface area (TPSA) is 43.4 Å². The summed E-state index contributed by atoms with van der Waals surface area (Å²) in [4.78, 5) is 4.33. The van der Waals surface area contributed by atoms with Gasteiger partial charge in [-0.15, -0.1) is 0 Å². The van der Waals surface area contributed by atoms with E-state index in [-0.39, 0.29) is 0 Å². The summed E-state index contributed by atoms with van der Waals surface area (Å²) in [6, 6.07) is 11.7. The van der Waals surface area contributed by atoms with Gasteiger partial charge < -0.3 is 14.8 Å². The lowest BCUT2D eigenvalue weighted by Gasteiger charge is -2.14. The second-order valence-corrected chi connectivity index (χ2v) is 4.63. The normalized spacial score (nSPS) is 10.2. The Morgan fingerprint density at radius 1 is 1.00 bits per heavy atom. The summed E-state index contributed by atoms with van der Waals surface area (Å²) in [5, 5.41) is 3.24. The van der Waals surface area contributed by atoms with Crippen LogP contribution in [0.4, 0.5) is 5.82 Å². The third kappa shape index (κ3) is 4.38. The fourth-order valence-corrected chi connectivity index (χ4v) is 1.94. The van der Waals surface area contributed by atoms with E-state index in [0.29, 0.717) is 13.2 Å². The molecule has 1 aromatic heterocycles. The van der Waals surface area contributed by atoms with E-state index in [1.165, 1.54) is 0 Å². The first-order valence-electron chi connectivity index (χ1n) is 7.37. The van der Waals surface area contributed by atoms with Gasteiger partial charge in [0.15, 0.2) is 11.5 Å². The summed E-state index contributed by atoms with van der Waals surface area (Å²) in [7, 11) is 0. The molecule has 0 spiro atoms. The number of aromatic nitrogens is 1. The van der Waals surface area contributed by atoms with Crippen molar-refractivity contribution >= 4 is 5.82 Å². The van der Waals surface area contributed by atoms with Gasteiger partial charge in [-0.2, -0.15) is 0 Å². The van der Waals surface area contributed by atoms with E-state index < -0.39 is 0 Å². The molecule has 0 aliphatic heterocycles. The van der Waals surface area contributed by atoms with E-state index in [9.17, 15) is 0 Å². The van der Waals surface area contributed by atoms with Crippen LogP contribution in [0.3, 0.4) is 0 Å². The fraction of sp³-hybridized carbons (Fsp3) is 0.353. The Morgan fingerprint density at radius 2 is 1.76 bits per heavy atom. The van der Waals surface area contributed by atoms with Crippen molar-refractivity contribution in [3.8, 4) is 11.5 Å². The largest absolute Gasteiger partial charge is 0.490 e. The van der Waals surface area contributed by atoms with Crippen LogP contribution in [-0.2, 0) is 6.61 Å². The molecule has 0 unspecified atom stereocenters. The fourth-order valence-electron chi connectivity index (χ4n) is 1.94. The summed E-state index contributed by atoms with van der Waals surface area (Å²) in [6.45, 7) is 6.12. The number of anilines is 1. The van der Waals surface area contributed by atoms with Gasteiger partial charge in [0.05, 0.1) is 6.61 Å². The van der Waals surface area contributed by atoms with Crippen LogP contribution in [-0.4, -0.2) is 18.1 Å². The van der Waals surface area contributed by atoms with Gasteiger partial charge >= 0.3 is 0 Å². The quantitative estimate of drug-likeness (QED) is 0.799. The van der Waals surface area contributed by atoms with Gasteiger partial charge in [0.25, 0.3) is 0 Å². The predicted molar refractivity (Wildman–Crippen MR) is 85.0 cm³/mol. The molecule has 0 bridgehead atoms. The molecule has 0 saturated heterocycles. The zero-order valence-electron chi connectivity index (χ0n) is 12.6. The molecule has 0 amide bonds. The average molecular weight is 286 g/mol. The van der Waals surface area contributed by atoms with Crippen molar-refractivity contribution < 1.29 is 9.47 Å². The SMILES string of the molecule is CCCOc1ccccc1OCc1cccnc1NCC. The van der Waals surface area contributed by atoms with Crippen LogP contribution in [0.25, 0.3) is 0 Å². The Kier molecular flexibility index (Phi) is 5.88. The zero-order valence-corrected chi connectivity index (χ0v) is 12.6. The highest BCUT2D eigenvalue weighted by atomic mass is 16.5. The van der Waals surface area contributed by atoms with E-state index >= 15 is 0 Å². The minimum atomic E-state index is 0.461. The molecule has 0 aliphatic carbocycles. The number of pyridine rings is 1. The number of nitrogens with zero attached hydrogens (tertiary/aromatic N) is 1. The molecular formula is C17H22N2O2. The lowest BCUT2D eigenvalue weighted by Crippen LogP contribution is -2.06. The van der Waals surface area contributed by atoms with Crippen LogP contribution in [0, 0.1) is 0 Å². The Morgan fingerprint density at radius 3 is 2.48 bits per heavy atom. The Bertz CT molecular complexity index is 558. The summed E-state index contributed by atoms with van der Waals surface area (Å²) in [5.74, 6) is 2.41. The van der Waals surface area contributed by atoms with Crippen LogP contribution in [0.15, 0.2) is 42.6 Å². The highest BCUT2D eigenvalue weighted by Gasteiger charge is 2.07. The van der Waals surface area contributed by atoms with E-state index in [1.807, 2.05) is 43.3 Å². The third-order valence-electron chi connectivity index (χ3n) is 2.93. The number of benzene rings is 1. The van der Waals surface area contributed by atoms with Gasteiger partial charge in [0, 0.05) is 18.3 Å². The maximum atomic E-state index is 5.90. The molecular weight excluding hydrogens is 264 g/mol. The zero-order chi connectivity index (χ0) is 14.9. The summed E-state index contributed by atoms with van der Waals surface area (Å²) >= 11 is 0. The average Bonchev–Trinajstić information content (AvgIpc) is 2.53. The van der Waals surface area contributed by atoms with E-state index in [2.05, 4.69) is 17.2 Å². The van der Waals surface area contributed by atoms with Crippen LogP contribution in [0.5, 0.6) is 11.5 Å². The van der Waals surface area contributed by atoms with Gasteiger partial charge in [-0.25, -0.2) is 4.98 Å². The van der Waals surface area contributed by atoms with Gasteiger partial charge in [0.1, 0.15) is 12.4 Å². The highest BCUT2D eigenvalue weighted by Crippen LogP contribution is 2.28. The van der Waals surface area contributed by atoms with Gasteiger partial charge in [0.2, 0.25) is 0 Å². The van der Waals surface area contributed by atoms with Crippen LogP contribution in [0.2, 0.25) is 0 Å². The molecule has 21 heavy (non-hydrogen) atoms. The Hall–Kier alpha value is -2.23. The lowest BCUT2D eigenvalue weighted by molar-refractivity contribution is 0.262. The maximum Gasteiger partial charge on any atom is 0.161 e. The van der Waals surface area contributed by atoms with Crippen molar-refractivity contribution in [2.24, 2.45) is 0 Å². The molecule has 4 nitrogen and oxygen atoms in total. The van der Waals surface area contributed by atoms with Crippen molar-refractivity contribution in [2.75, 3.05) is 18.5 Å². The molecule has 0 atom stereocenters. The molecule has 0 radical (unpaired) electrons. The number of hydrogen-bond acceptors (Lipinski definition) is 4. The number of para-hydroxylation sites is 2. The van der Waals surface area contributed by atoms with Crippen LogP contribution < -0.4 is 14.8 Å². The number of hydrogen-bond donors (Lipinski definition) is 1. The molecule has 1 N–H and O–H groups in total. The smallest absolute Gasteiger partial charge is 0.161 e. The highest BCUT2D eigenvalue weighted by molar-refractivity contribution is 5.44. The maximum absolute atomic E-state index is 5.90. The lowest BCUT2D eigenvalue weighted by atomic mass is 10.2. The van der Waals surface area contributed by atoms with Crippen molar-refractivity contribution in [3.05, 3.63) is 48.2 Å². The molecule has 112 valence electrons. The van der Waals surface area contributed by atoms with Gasteiger partial charge in [-0.05, 0) is 31.5 Å². The summed E-state index contributed by atoms with van der Waals surface area (Å²) in [6.07, 6.45) is 2.75. The molecule has 1 heterocycles. The molecule has 1 aromatic carbocycles. The first kappa shape index (κ1) is 15.2. The van der Waals surface area contributed by atoms with Crippen molar-refractivity contribution in [3.63, 3.8) is 0 Å². The number of rotatable bonds is 8. The van der Waals surface area contributed by atoms with Crippen LogP contribution in [0.1, 0.15) is 25.8 Å². The molecule has 0 fully saturated rings. The van der Waals surface area contributed by atoms with Gasteiger partial charge in [-0.3, -0.25) is 0 Å². The molecule has 4 heteroatoms. The van der Waals surface area contributed by atoms with Crippen molar-refractivity contribution in [2.45, 2.75) is 26.9 Å². The van der Waals surface area contributed by atoms with Gasteiger partial charge in [-0.1, -0.05) is 25.1 Å². The second kappa shape index (κ2) is 8.15. The summed E-state index contributed by atoms with van der Waals surface area (Å²) in [5.41, 5.74) is 1.03. The van der Waals surface area contributed by atoms with Crippen molar-refractivity contribution in [1.82, 2.24) is 4.98 Å². The first-order chi connectivity index (χ1) is 10.3. The summed E-state index contributed by atoms with van der Waals surface area (Å²) < 4.78 is 11.6. The molecule has 2 aromatic rings. The predicted octanol–water partition coefficient (Wildman–Crippen LogP) is 3.88. The van der Waals surface area contributed by atoms with E-state index in [0.717, 1.165) is 35.8 Å². The minimum absolute atomic E-state index is 0.461. The van der Waals surface area contributed by atoms with Crippen LogP contribution >= 0.6 is 0 Å². The first-order valence-corrected chi connectivity index (χ1v) is 7.37. The second-order valence-electron chi connectivity index (χ2n) is 4.63. The molecule has 0 aliphatic rings. The molecule has 0 saturated carbocycles. The monoisotopic (exact) mass is 286 g/mol. The standard InChI is InChI=1S/C17H22N2O2/c1-3-12-20-15-9-5-6-10-16(15)21-13-14-8-7-11-19-17(14)18-4-2/h5-11H,3-4,12-13H2,1-2H3,(H,18,19).